The monoisotopic (exact) mass is 358 g/mol. The van der Waals surface area contributed by atoms with Crippen LogP contribution in [0.1, 0.15) is 18.5 Å². The lowest BCUT2D eigenvalue weighted by Crippen LogP contribution is -2.53. The molecule has 8 nitrogen and oxygen atoms in total. The normalized spacial score (nSPS) is 21.1. The number of β-amino-alcohol motifs (C(OH)–C–C–N with tert-alkyl or cyclic N) is 1. The highest BCUT2D eigenvalue weighted by molar-refractivity contribution is 5.40. The SMILES string of the molecule is Cc1ccn(-c2ccc(N3CCN(CC4(O)CCOCC4)CC3)nn2)n1. The van der Waals surface area contributed by atoms with Gasteiger partial charge in [-0.15, -0.1) is 10.2 Å². The average Bonchev–Trinajstić information content (AvgIpc) is 3.09. The van der Waals surface area contributed by atoms with Gasteiger partial charge in [0.25, 0.3) is 0 Å². The first-order chi connectivity index (χ1) is 12.6. The predicted molar refractivity (Wildman–Crippen MR) is 97.5 cm³/mol. The quantitative estimate of drug-likeness (QED) is 0.859. The van der Waals surface area contributed by atoms with E-state index in [0.29, 0.717) is 13.2 Å². The Bertz CT molecular complexity index is 718. The van der Waals surface area contributed by atoms with E-state index in [-0.39, 0.29) is 0 Å². The summed E-state index contributed by atoms with van der Waals surface area (Å²) < 4.78 is 7.10. The number of hydrogen-bond donors (Lipinski definition) is 1. The summed E-state index contributed by atoms with van der Waals surface area (Å²) in [6.07, 6.45) is 3.35. The number of rotatable bonds is 4. The van der Waals surface area contributed by atoms with E-state index < -0.39 is 5.60 Å². The van der Waals surface area contributed by atoms with E-state index >= 15 is 0 Å². The second-order valence-electron chi connectivity index (χ2n) is 7.25. The minimum Gasteiger partial charge on any atom is -0.388 e. The molecule has 0 aromatic carbocycles. The van der Waals surface area contributed by atoms with Gasteiger partial charge >= 0.3 is 0 Å². The zero-order valence-electron chi connectivity index (χ0n) is 15.2. The van der Waals surface area contributed by atoms with E-state index in [0.717, 1.165) is 62.9 Å². The van der Waals surface area contributed by atoms with Crippen LogP contribution in [0.25, 0.3) is 5.82 Å². The topological polar surface area (TPSA) is 79.5 Å². The van der Waals surface area contributed by atoms with Crippen LogP contribution in [0.3, 0.4) is 0 Å². The minimum absolute atomic E-state index is 0.593. The maximum Gasteiger partial charge on any atom is 0.175 e. The van der Waals surface area contributed by atoms with Gasteiger partial charge in [0.2, 0.25) is 0 Å². The molecule has 2 fully saturated rings. The van der Waals surface area contributed by atoms with Gasteiger partial charge in [-0.1, -0.05) is 0 Å². The van der Waals surface area contributed by atoms with Crippen LogP contribution in [0.5, 0.6) is 0 Å². The van der Waals surface area contributed by atoms with Crippen molar-refractivity contribution in [3.8, 4) is 5.82 Å². The third kappa shape index (κ3) is 3.87. The summed E-state index contributed by atoms with van der Waals surface area (Å²) in [6.45, 7) is 7.63. The van der Waals surface area contributed by atoms with Crippen LogP contribution < -0.4 is 4.90 Å². The van der Waals surface area contributed by atoms with Crippen molar-refractivity contribution in [1.29, 1.82) is 0 Å². The molecule has 0 radical (unpaired) electrons. The van der Waals surface area contributed by atoms with Gasteiger partial charge in [-0.05, 0) is 25.1 Å². The van der Waals surface area contributed by atoms with Crippen molar-refractivity contribution in [1.82, 2.24) is 24.9 Å². The molecule has 2 aliphatic heterocycles. The molecule has 1 N–H and O–H groups in total. The Hall–Kier alpha value is -2.03. The molecule has 0 amide bonds. The second-order valence-corrected chi connectivity index (χ2v) is 7.25. The Kier molecular flexibility index (Phi) is 4.88. The number of aromatic nitrogens is 4. The van der Waals surface area contributed by atoms with Gasteiger partial charge in [0.05, 0.1) is 11.3 Å². The van der Waals surface area contributed by atoms with Gasteiger partial charge in [-0.25, -0.2) is 4.68 Å². The number of ether oxygens (including phenoxy) is 1. The molecular formula is C18H26N6O2. The zero-order valence-corrected chi connectivity index (χ0v) is 15.2. The van der Waals surface area contributed by atoms with Gasteiger partial charge in [0.15, 0.2) is 11.6 Å². The van der Waals surface area contributed by atoms with Crippen molar-refractivity contribution in [2.75, 3.05) is 50.8 Å². The van der Waals surface area contributed by atoms with Gasteiger partial charge in [-0.3, -0.25) is 4.90 Å². The van der Waals surface area contributed by atoms with Gasteiger partial charge < -0.3 is 14.7 Å². The fraction of sp³-hybridized carbons (Fsp3) is 0.611. The highest BCUT2D eigenvalue weighted by Gasteiger charge is 2.33. The molecule has 4 heterocycles. The van der Waals surface area contributed by atoms with E-state index in [1.54, 1.807) is 4.68 Å². The molecule has 8 heteroatoms. The van der Waals surface area contributed by atoms with Crippen LogP contribution in [0.15, 0.2) is 24.4 Å². The molecule has 0 spiro atoms. The predicted octanol–water partition coefficient (Wildman–Crippen LogP) is 0.634. The summed E-state index contributed by atoms with van der Waals surface area (Å²) in [5.74, 6) is 1.62. The Morgan fingerprint density at radius 1 is 1.04 bits per heavy atom. The van der Waals surface area contributed by atoms with Crippen LogP contribution in [-0.2, 0) is 4.74 Å². The summed E-state index contributed by atoms with van der Waals surface area (Å²) in [4.78, 5) is 4.59. The van der Waals surface area contributed by atoms with Gasteiger partial charge in [0.1, 0.15) is 0 Å². The van der Waals surface area contributed by atoms with Crippen LogP contribution in [0.2, 0.25) is 0 Å². The molecule has 0 bridgehead atoms. The number of nitrogens with zero attached hydrogens (tertiary/aromatic N) is 6. The molecule has 0 saturated carbocycles. The van der Waals surface area contributed by atoms with Gasteiger partial charge in [-0.2, -0.15) is 5.10 Å². The highest BCUT2D eigenvalue weighted by atomic mass is 16.5. The molecule has 0 unspecified atom stereocenters. The van der Waals surface area contributed by atoms with Crippen molar-refractivity contribution in [2.24, 2.45) is 0 Å². The lowest BCUT2D eigenvalue weighted by Gasteiger charge is -2.41. The van der Waals surface area contributed by atoms with Crippen molar-refractivity contribution in [3.63, 3.8) is 0 Å². The van der Waals surface area contributed by atoms with Gasteiger partial charge in [0, 0.05) is 65.0 Å². The van der Waals surface area contributed by atoms with Crippen molar-refractivity contribution < 1.29 is 9.84 Å². The van der Waals surface area contributed by atoms with Crippen molar-refractivity contribution in [3.05, 3.63) is 30.1 Å². The molecule has 4 rings (SSSR count). The van der Waals surface area contributed by atoms with Crippen molar-refractivity contribution >= 4 is 5.82 Å². The van der Waals surface area contributed by atoms with E-state index in [1.807, 2.05) is 31.3 Å². The first-order valence-electron chi connectivity index (χ1n) is 9.25. The summed E-state index contributed by atoms with van der Waals surface area (Å²) in [7, 11) is 0. The fourth-order valence-electron chi connectivity index (χ4n) is 3.61. The molecule has 2 aromatic heterocycles. The smallest absolute Gasteiger partial charge is 0.175 e. The van der Waals surface area contributed by atoms with E-state index in [4.69, 9.17) is 4.74 Å². The molecule has 2 saturated heterocycles. The first-order valence-corrected chi connectivity index (χ1v) is 9.25. The number of anilines is 1. The molecule has 2 aliphatic rings. The maximum absolute atomic E-state index is 10.7. The van der Waals surface area contributed by atoms with Crippen molar-refractivity contribution in [2.45, 2.75) is 25.4 Å². The molecule has 140 valence electrons. The number of hydrogen-bond acceptors (Lipinski definition) is 7. The number of aliphatic hydroxyl groups is 1. The summed E-state index contributed by atoms with van der Waals surface area (Å²) in [5.41, 5.74) is 0.363. The Morgan fingerprint density at radius 3 is 2.35 bits per heavy atom. The minimum atomic E-state index is -0.593. The molecule has 26 heavy (non-hydrogen) atoms. The molecular weight excluding hydrogens is 332 g/mol. The Balaban J connectivity index is 1.33. The van der Waals surface area contributed by atoms with Crippen LogP contribution in [0, 0.1) is 6.92 Å². The summed E-state index contributed by atoms with van der Waals surface area (Å²) >= 11 is 0. The number of aryl methyl sites for hydroxylation is 1. The Morgan fingerprint density at radius 2 is 1.73 bits per heavy atom. The third-order valence-corrected chi connectivity index (χ3v) is 5.23. The highest BCUT2D eigenvalue weighted by Crippen LogP contribution is 2.23. The lowest BCUT2D eigenvalue weighted by atomic mass is 9.93. The zero-order chi connectivity index (χ0) is 18.0. The average molecular weight is 358 g/mol. The molecule has 0 atom stereocenters. The lowest BCUT2D eigenvalue weighted by molar-refractivity contribution is -0.0802. The van der Waals surface area contributed by atoms with E-state index in [9.17, 15) is 5.11 Å². The fourth-order valence-corrected chi connectivity index (χ4v) is 3.61. The molecule has 2 aromatic rings. The second kappa shape index (κ2) is 7.30. The number of piperazine rings is 1. The third-order valence-electron chi connectivity index (χ3n) is 5.23. The van der Waals surface area contributed by atoms with E-state index in [2.05, 4.69) is 25.1 Å². The Labute approximate surface area is 153 Å². The van der Waals surface area contributed by atoms with Crippen LogP contribution in [-0.4, -0.2) is 81.5 Å². The maximum atomic E-state index is 10.7. The standard InChI is InChI=1S/C18H26N6O2/c1-15-4-7-24(21-15)17-3-2-16(19-20-17)23-10-8-22(9-11-23)14-18(25)5-12-26-13-6-18/h2-4,7,25H,5-6,8-14H2,1H3. The first kappa shape index (κ1) is 17.4. The van der Waals surface area contributed by atoms with Crippen LogP contribution >= 0.6 is 0 Å². The van der Waals surface area contributed by atoms with Crippen LogP contribution in [0.4, 0.5) is 5.82 Å². The summed E-state index contributed by atoms with van der Waals surface area (Å²) in [5, 5.41) is 23.7. The molecule has 0 aliphatic carbocycles. The van der Waals surface area contributed by atoms with E-state index in [1.165, 1.54) is 0 Å². The summed E-state index contributed by atoms with van der Waals surface area (Å²) in [6, 6.07) is 5.90. The largest absolute Gasteiger partial charge is 0.388 e.